The zero-order valence-corrected chi connectivity index (χ0v) is 13.8. The number of methoxy groups -OCH3 is 1. The predicted octanol–water partition coefficient (Wildman–Crippen LogP) is 3.84. The lowest BCUT2D eigenvalue weighted by Crippen LogP contribution is -1.93. The van der Waals surface area contributed by atoms with Gasteiger partial charge >= 0.3 is 0 Å². The average molecular weight is 344 g/mol. The third kappa shape index (κ3) is 2.35. The van der Waals surface area contributed by atoms with Crippen molar-refractivity contribution < 1.29 is 14.2 Å². The summed E-state index contributed by atoms with van der Waals surface area (Å²) in [4.78, 5) is 0. The second-order valence-corrected chi connectivity index (χ2v) is 5.80. The molecule has 1 N–H and O–H groups in total. The van der Waals surface area contributed by atoms with Crippen molar-refractivity contribution in [2.45, 2.75) is 6.92 Å². The number of hydrogen-bond acceptors (Lipinski definition) is 5. The minimum atomic E-state index is 0.236. The molecule has 3 aromatic rings. The molecule has 6 nitrogen and oxygen atoms in total. The van der Waals surface area contributed by atoms with Crippen LogP contribution in [-0.4, -0.2) is 29.3 Å². The smallest absolute Gasteiger partial charge is 0.231 e. The maximum Gasteiger partial charge on any atom is 0.231 e. The molecular formula is C17H14ClN3O3. The molecule has 7 heteroatoms. The normalized spacial score (nSPS) is 12.5. The molecule has 1 aliphatic heterocycles. The first-order valence-electron chi connectivity index (χ1n) is 7.32. The van der Waals surface area contributed by atoms with Crippen LogP contribution in [0.3, 0.4) is 0 Å². The topological polar surface area (TPSA) is 69.3 Å². The maximum atomic E-state index is 6.23. The fourth-order valence-corrected chi connectivity index (χ4v) is 3.03. The molecular weight excluding hydrogens is 330 g/mol. The summed E-state index contributed by atoms with van der Waals surface area (Å²) in [7, 11) is 1.58. The minimum Gasteiger partial charge on any atom is -0.495 e. The molecule has 0 fully saturated rings. The van der Waals surface area contributed by atoms with Gasteiger partial charge in [-0.05, 0) is 42.8 Å². The van der Waals surface area contributed by atoms with E-state index in [0.29, 0.717) is 22.2 Å². The number of halogens is 1. The minimum absolute atomic E-state index is 0.236. The number of ether oxygens (including phenoxy) is 3. The van der Waals surface area contributed by atoms with E-state index in [9.17, 15) is 0 Å². The number of nitrogens with zero attached hydrogens (tertiary/aromatic N) is 2. The third-order valence-electron chi connectivity index (χ3n) is 3.90. The van der Waals surface area contributed by atoms with Crippen LogP contribution in [0.25, 0.3) is 22.5 Å². The number of benzene rings is 2. The van der Waals surface area contributed by atoms with Crippen molar-refractivity contribution in [3.8, 4) is 39.8 Å². The van der Waals surface area contributed by atoms with Gasteiger partial charge in [-0.2, -0.15) is 15.4 Å². The largest absolute Gasteiger partial charge is 0.495 e. The zero-order valence-electron chi connectivity index (χ0n) is 13.1. The van der Waals surface area contributed by atoms with E-state index in [1.165, 1.54) is 0 Å². The molecule has 24 heavy (non-hydrogen) atoms. The van der Waals surface area contributed by atoms with Crippen molar-refractivity contribution in [2.75, 3.05) is 13.9 Å². The van der Waals surface area contributed by atoms with Crippen LogP contribution in [0.15, 0.2) is 30.3 Å². The molecule has 1 aromatic heterocycles. The number of nitrogens with one attached hydrogen (secondary N) is 1. The highest BCUT2D eigenvalue weighted by molar-refractivity contribution is 6.32. The molecule has 0 aliphatic carbocycles. The summed E-state index contributed by atoms with van der Waals surface area (Å²) in [6.45, 7) is 2.21. The van der Waals surface area contributed by atoms with Gasteiger partial charge in [-0.3, -0.25) is 0 Å². The van der Waals surface area contributed by atoms with Gasteiger partial charge in [0.25, 0.3) is 0 Å². The van der Waals surface area contributed by atoms with E-state index in [0.717, 1.165) is 28.1 Å². The Balaban J connectivity index is 1.81. The molecule has 2 heterocycles. The maximum absolute atomic E-state index is 6.23. The van der Waals surface area contributed by atoms with Gasteiger partial charge in [0.2, 0.25) is 6.79 Å². The van der Waals surface area contributed by atoms with Gasteiger partial charge in [0, 0.05) is 11.1 Å². The average Bonchev–Trinajstić information content (AvgIpc) is 3.23. The Morgan fingerprint density at radius 2 is 1.88 bits per heavy atom. The van der Waals surface area contributed by atoms with Gasteiger partial charge in [0.1, 0.15) is 17.1 Å². The van der Waals surface area contributed by atoms with Crippen molar-refractivity contribution in [2.24, 2.45) is 0 Å². The Kier molecular flexibility index (Phi) is 3.54. The lowest BCUT2D eigenvalue weighted by molar-refractivity contribution is 0.173. The van der Waals surface area contributed by atoms with Gasteiger partial charge < -0.3 is 14.2 Å². The second kappa shape index (κ2) is 5.72. The summed E-state index contributed by atoms with van der Waals surface area (Å²) < 4.78 is 16.1. The first-order chi connectivity index (χ1) is 11.7. The van der Waals surface area contributed by atoms with Crippen molar-refractivity contribution in [1.82, 2.24) is 15.4 Å². The Morgan fingerprint density at radius 1 is 1.08 bits per heavy atom. The van der Waals surface area contributed by atoms with E-state index >= 15 is 0 Å². The van der Waals surface area contributed by atoms with Gasteiger partial charge in [0.05, 0.1) is 12.1 Å². The number of H-pyrrole nitrogens is 1. The van der Waals surface area contributed by atoms with Crippen molar-refractivity contribution in [3.05, 3.63) is 40.9 Å². The van der Waals surface area contributed by atoms with E-state index in [1.807, 2.05) is 31.2 Å². The molecule has 2 aromatic carbocycles. The van der Waals surface area contributed by atoms with E-state index in [2.05, 4.69) is 15.4 Å². The number of fused-ring (bicyclic) bond motifs is 1. The molecule has 0 unspecified atom stereocenters. The lowest BCUT2D eigenvalue weighted by atomic mass is 10.0. The van der Waals surface area contributed by atoms with E-state index < -0.39 is 0 Å². The van der Waals surface area contributed by atoms with Crippen LogP contribution >= 0.6 is 11.6 Å². The van der Waals surface area contributed by atoms with E-state index in [-0.39, 0.29) is 6.79 Å². The monoisotopic (exact) mass is 343 g/mol. The molecule has 1 aliphatic rings. The highest BCUT2D eigenvalue weighted by Crippen LogP contribution is 2.41. The molecule has 0 spiro atoms. The van der Waals surface area contributed by atoms with Crippen LogP contribution in [0.2, 0.25) is 5.02 Å². The molecule has 0 amide bonds. The number of hydrogen-bond donors (Lipinski definition) is 1. The van der Waals surface area contributed by atoms with Crippen LogP contribution in [0, 0.1) is 6.92 Å². The third-order valence-corrected chi connectivity index (χ3v) is 4.20. The Bertz CT molecular complexity index is 923. The molecule has 0 radical (unpaired) electrons. The zero-order chi connectivity index (χ0) is 16.7. The summed E-state index contributed by atoms with van der Waals surface area (Å²) >= 11 is 6.23. The number of aromatic amines is 1. The molecule has 0 saturated carbocycles. The summed E-state index contributed by atoms with van der Waals surface area (Å²) in [5.74, 6) is 2.10. The molecule has 0 atom stereocenters. The quantitative estimate of drug-likeness (QED) is 0.782. The van der Waals surface area contributed by atoms with Crippen LogP contribution in [0.4, 0.5) is 0 Å². The Morgan fingerprint density at radius 3 is 2.62 bits per heavy atom. The summed E-state index contributed by atoms with van der Waals surface area (Å²) in [6.07, 6.45) is 0. The lowest BCUT2D eigenvalue weighted by Gasteiger charge is -2.07. The molecule has 0 bridgehead atoms. The van der Waals surface area contributed by atoms with Crippen molar-refractivity contribution in [3.63, 3.8) is 0 Å². The van der Waals surface area contributed by atoms with Crippen LogP contribution in [0.1, 0.15) is 5.56 Å². The second-order valence-electron chi connectivity index (χ2n) is 5.40. The van der Waals surface area contributed by atoms with E-state index in [1.54, 1.807) is 13.2 Å². The fraction of sp³-hybridized carbons (Fsp3) is 0.176. The van der Waals surface area contributed by atoms with Crippen LogP contribution in [-0.2, 0) is 0 Å². The van der Waals surface area contributed by atoms with Gasteiger partial charge in [0.15, 0.2) is 11.5 Å². The van der Waals surface area contributed by atoms with Crippen LogP contribution < -0.4 is 14.2 Å². The highest BCUT2D eigenvalue weighted by Gasteiger charge is 2.21. The van der Waals surface area contributed by atoms with E-state index in [4.69, 9.17) is 25.8 Å². The molecule has 4 rings (SSSR count). The number of rotatable bonds is 3. The molecule has 0 saturated heterocycles. The summed E-state index contributed by atoms with van der Waals surface area (Å²) in [6, 6.07) is 9.41. The standard InChI is InChI=1S/C17H14ClN3O3/c1-9-5-11(7-14-17(9)24-8-23-14)16-15(19-21-20-16)10-3-4-13(22-2)12(18)6-10/h3-7H,8H2,1-2H3,(H,19,20,21). The van der Waals surface area contributed by atoms with Gasteiger partial charge in [-0.1, -0.05) is 11.6 Å². The van der Waals surface area contributed by atoms with Gasteiger partial charge in [-0.25, -0.2) is 0 Å². The van der Waals surface area contributed by atoms with Crippen molar-refractivity contribution in [1.29, 1.82) is 0 Å². The summed E-state index contributed by atoms with van der Waals surface area (Å²) in [5.41, 5.74) is 4.16. The number of aryl methyl sites for hydroxylation is 1. The molecule has 122 valence electrons. The van der Waals surface area contributed by atoms with Crippen molar-refractivity contribution >= 4 is 11.6 Å². The highest BCUT2D eigenvalue weighted by atomic mass is 35.5. The summed E-state index contributed by atoms with van der Waals surface area (Å²) in [5, 5.41) is 11.8. The first kappa shape index (κ1) is 14.8. The number of aromatic nitrogens is 3. The SMILES string of the molecule is COc1ccc(-c2n[nH]nc2-c2cc(C)c3c(c2)OCO3)cc1Cl. The first-order valence-corrected chi connectivity index (χ1v) is 7.70. The predicted molar refractivity (Wildman–Crippen MR) is 89.7 cm³/mol. The van der Waals surface area contributed by atoms with Crippen LogP contribution in [0.5, 0.6) is 17.2 Å². The van der Waals surface area contributed by atoms with Gasteiger partial charge in [-0.15, -0.1) is 0 Å². The Hall–Kier alpha value is -2.73. The Labute approximate surface area is 143 Å². The fourth-order valence-electron chi connectivity index (χ4n) is 2.77.